The molecule has 1 atom stereocenters. The molecule has 1 heterocycles. The van der Waals surface area contributed by atoms with E-state index in [4.69, 9.17) is 21.4 Å². The first-order valence-corrected chi connectivity index (χ1v) is 6.79. The summed E-state index contributed by atoms with van der Waals surface area (Å²) in [4.78, 5) is 14.5. The number of ether oxygens (including phenoxy) is 1. The number of carbonyl (C=O) groups is 1. The zero-order chi connectivity index (χ0) is 17.2. The van der Waals surface area contributed by atoms with Crippen LogP contribution in [-0.2, 0) is 11.0 Å². The van der Waals surface area contributed by atoms with Gasteiger partial charge in [-0.3, -0.25) is 4.98 Å². The van der Waals surface area contributed by atoms with E-state index in [1.54, 1.807) is 0 Å². The Kier molecular flexibility index (Phi) is 4.79. The van der Waals surface area contributed by atoms with Crippen LogP contribution in [0.1, 0.15) is 12.5 Å². The summed E-state index contributed by atoms with van der Waals surface area (Å²) in [6, 6.07) is 6.85. The molecule has 1 aromatic carbocycles. The lowest BCUT2D eigenvalue weighted by Gasteiger charge is -2.12. The van der Waals surface area contributed by atoms with Gasteiger partial charge >= 0.3 is 12.1 Å². The molecular formula is C15H11ClF3NO3. The number of benzene rings is 1. The van der Waals surface area contributed by atoms with E-state index in [0.29, 0.717) is 17.5 Å². The fourth-order valence-electron chi connectivity index (χ4n) is 1.75. The number of hydrogen-bond acceptors (Lipinski definition) is 3. The molecule has 0 fully saturated rings. The highest BCUT2D eigenvalue weighted by atomic mass is 35.5. The average Bonchev–Trinajstić information content (AvgIpc) is 2.47. The molecule has 4 nitrogen and oxygen atoms in total. The minimum Gasteiger partial charge on any atom is -0.479 e. The van der Waals surface area contributed by atoms with Crippen molar-refractivity contribution < 1.29 is 27.8 Å². The highest BCUT2D eigenvalue weighted by Gasteiger charge is 2.31. The summed E-state index contributed by atoms with van der Waals surface area (Å²) in [5.41, 5.74) is -0.252. The molecule has 1 unspecified atom stereocenters. The number of hydrogen-bond donors (Lipinski definition) is 1. The molecule has 1 aromatic heterocycles. The second kappa shape index (κ2) is 6.45. The van der Waals surface area contributed by atoms with Gasteiger partial charge in [0.2, 0.25) is 0 Å². The van der Waals surface area contributed by atoms with E-state index in [9.17, 15) is 18.0 Å². The molecule has 0 saturated carbocycles. The lowest BCUT2D eigenvalue weighted by atomic mass is 10.1. The Bertz CT molecular complexity index is 717. The third kappa shape index (κ3) is 4.13. The Morgan fingerprint density at radius 1 is 1.30 bits per heavy atom. The number of pyridine rings is 1. The van der Waals surface area contributed by atoms with Gasteiger partial charge < -0.3 is 9.84 Å². The van der Waals surface area contributed by atoms with Crippen LogP contribution in [-0.4, -0.2) is 22.2 Å². The highest BCUT2D eigenvalue weighted by Crippen LogP contribution is 2.34. The van der Waals surface area contributed by atoms with Crippen LogP contribution in [0.25, 0.3) is 11.3 Å². The van der Waals surface area contributed by atoms with E-state index in [-0.39, 0.29) is 10.7 Å². The van der Waals surface area contributed by atoms with Crippen LogP contribution in [0.5, 0.6) is 5.75 Å². The van der Waals surface area contributed by atoms with E-state index in [0.717, 1.165) is 6.07 Å². The van der Waals surface area contributed by atoms with Crippen LogP contribution in [0, 0.1) is 0 Å². The number of nitrogens with zero attached hydrogens (tertiary/aromatic N) is 1. The second-order valence-electron chi connectivity index (χ2n) is 4.67. The zero-order valence-electron chi connectivity index (χ0n) is 11.8. The molecule has 2 rings (SSSR count). The number of halogens is 4. The van der Waals surface area contributed by atoms with Crippen molar-refractivity contribution in [1.82, 2.24) is 4.98 Å². The topological polar surface area (TPSA) is 59.4 Å². The van der Waals surface area contributed by atoms with Crippen LogP contribution >= 0.6 is 11.6 Å². The molecule has 0 radical (unpaired) electrons. The van der Waals surface area contributed by atoms with Gasteiger partial charge in [-0.05, 0) is 37.3 Å². The maximum atomic E-state index is 12.6. The van der Waals surface area contributed by atoms with Gasteiger partial charge in [0, 0.05) is 11.8 Å². The summed E-state index contributed by atoms with van der Waals surface area (Å²) in [7, 11) is 0. The lowest BCUT2D eigenvalue weighted by Crippen LogP contribution is -2.22. The molecule has 0 aliphatic rings. The summed E-state index contributed by atoms with van der Waals surface area (Å²) >= 11 is 5.86. The molecule has 0 spiro atoms. The first kappa shape index (κ1) is 17.1. The minimum absolute atomic E-state index is 0.132. The number of aliphatic carboxylic acids is 1. The lowest BCUT2D eigenvalue weighted by molar-refractivity contribution is -0.144. The standard InChI is InChI=1S/C15H11ClF3NO3/c1-8(14(21)22)23-11-4-2-9(3-5-11)13-12(16)6-10(7-20-13)15(17,18)19/h2-8H,1H3,(H,21,22). The van der Waals surface area contributed by atoms with Gasteiger partial charge in [0.25, 0.3) is 0 Å². The SMILES string of the molecule is CC(Oc1ccc(-c2ncc(C(F)(F)F)cc2Cl)cc1)C(=O)O. The summed E-state index contributed by atoms with van der Waals surface area (Å²) in [5.74, 6) is -0.798. The van der Waals surface area contributed by atoms with Crippen molar-refractivity contribution in [2.45, 2.75) is 19.2 Å². The molecule has 2 aromatic rings. The normalized spacial score (nSPS) is 12.7. The van der Waals surface area contributed by atoms with E-state index in [1.165, 1.54) is 31.2 Å². The van der Waals surface area contributed by atoms with E-state index in [1.807, 2.05) is 0 Å². The summed E-state index contributed by atoms with van der Waals surface area (Å²) in [6.45, 7) is 1.38. The first-order chi connectivity index (χ1) is 10.7. The Balaban J connectivity index is 2.24. The van der Waals surface area contributed by atoms with Crippen molar-refractivity contribution in [3.8, 4) is 17.0 Å². The Hall–Kier alpha value is -2.28. The van der Waals surface area contributed by atoms with Crippen LogP contribution in [0.4, 0.5) is 13.2 Å². The fraction of sp³-hybridized carbons (Fsp3) is 0.200. The molecule has 0 saturated heterocycles. The number of carboxylic acid groups (broad SMARTS) is 1. The van der Waals surface area contributed by atoms with Gasteiger partial charge in [-0.25, -0.2) is 4.79 Å². The molecule has 0 aliphatic heterocycles. The van der Waals surface area contributed by atoms with Gasteiger partial charge in [-0.15, -0.1) is 0 Å². The van der Waals surface area contributed by atoms with E-state index >= 15 is 0 Å². The quantitative estimate of drug-likeness (QED) is 0.898. The predicted octanol–water partition coefficient (Wildman–Crippen LogP) is 4.27. The van der Waals surface area contributed by atoms with Gasteiger partial charge in [-0.1, -0.05) is 11.6 Å². The predicted molar refractivity (Wildman–Crippen MR) is 77.4 cm³/mol. The molecule has 122 valence electrons. The van der Waals surface area contributed by atoms with Gasteiger partial charge in [-0.2, -0.15) is 13.2 Å². The number of rotatable bonds is 4. The van der Waals surface area contributed by atoms with Crippen molar-refractivity contribution >= 4 is 17.6 Å². The van der Waals surface area contributed by atoms with Gasteiger partial charge in [0.05, 0.1) is 16.3 Å². The number of aromatic nitrogens is 1. The second-order valence-corrected chi connectivity index (χ2v) is 5.08. The molecule has 0 bridgehead atoms. The maximum absolute atomic E-state index is 12.6. The van der Waals surface area contributed by atoms with Gasteiger partial charge in [0.15, 0.2) is 6.10 Å². The van der Waals surface area contributed by atoms with E-state index in [2.05, 4.69) is 4.98 Å². The summed E-state index contributed by atoms with van der Waals surface area (Å²) in [6.07, 6.45) is -4.83. The van der Waals surface area contributed by atoms with Crippen molar-refractivity contribution in [3.05, 3.63) is 47.1 Å². The maximum Gasteiger partial charge on any atom is 0.417 e. The van der Waals surface area contributed by atoms with Crippen molar-refractivity contribution in [3.63, 3.8) is 0 Å². The van der Waals surface area contributed by atoms with Crippen molar-refractivity contribution in [2.75, 3.05) is 0 Å². The molecule has 8 heteroatoms. The Labute approximate surface area is 134 Å². The molecular weight excluding hydrogens is 335 g/mol. The smallest absolute Gasteiger partial charge is 0.417 e. The Morgan fingerprint density at radius 2 is 1.91 bits per heavy atom. The Morgan fingerprint density at radius 3 is 2.39 bits per heavy atom. The van der Waals surface area contributed by atoms with Gasteiger partial charge in [0.1, 0.15) is 5.75 Å². The average molecular weight is 346 g/mol. The third-order valence-corrected chi connectivity index (χ3v) is 3.25. The largest absolute Gasteiger partial charge is 0.479 e. The molecule has 0 aliphatic carbocycles. The van der Waals surface area contributed by atoms with Crippen molar-refractivity contribution in [2.24, 2.45) is 0 Å². The summed E-state index contributed by atoms with van der Waals surface area (Å²) in [5, 5.41) is 8.63. The third-order valence-electron chi connectivity index (χ3n) is 2.96. The minimum atomic E-state index is -4.51. The van der Waals surface area contributed by atoms with E-state index < -0.39 is 23.8 Å². The van der Waals surface area contributed by atoms with Crippen LogP contribution in [0.15, 0.2) is 36.5 Å². The summed E-state index contributed by atoms with van der Waals surface area (Å²) < 4.78 is 42.9. The molecule has 1 N–H and O–H groups in total. The van der Waals surface area contributed by atoms with Crippen LogP contribution < -0.4 is 4.74 Å². The monoisotopic (exact) mass is 345 g/mol. The number of carboxylic acids is 1. The molecule has 23 heavy (non-hydrogen) atoms. The van der Waals surface area contributed by atoms with Crippen LogP contribution in [0.2, 0.25) is 5.02 Å². The highest BCUT2D eigenvalue weighted by molar-refractivity contribution is 6.33. The van der Waals surface area contributed by atoms with Crippen LogP contribution in [0.3, 0.4) is 0 Å². The number of alkyl halides is 3. The fourth-order valence-corrected chi connectivity index (χ4v) is 2.03. The first-order valence-electron chi connectivity index (χ1n) is 6.41. The van der Waals surface area contributed by atoms with Crippen molar-refractivity contribution in [1.29, 1.82) is 0 Å². The zero-order valence-corrected chi connectivity index (χ0v) is 12.5. The molecule has 0 amide bonds.